The van der Waals surface area contributed by atoms with Crippen molar-refractivity contribution < 1.29 is 0 Å². The van der Waals surface area contributed by atoms with Crippen LogP contribution in [0.3, 0.4) is 0 Å². The highest BCUT2D eigenvalue weighted by Gasteiger charge is 2.20. The van der Waals surface area contributed by atoms with E-state index >= 15 is 0 Å². The molecule has 0 heterocycles. The van der Waals surface area contributed by atoms with Crippen LogP contribution in [0, 0.1) is 0 Å². The Hall–Kier alpha value is -0.800. The Morgan fingerprint density at radius 1 is 1.38 bits per heavy atom. The number of hydrogen-bond acceptors (Lipinski definition) is 2. The summed E-state index contributed by atoms with van der Waals surface area (Å²) in [6.07, 6.45) is 0.798. The maximum absolute atomic E-state index is 5.87. The van der Waals surface area contributed by atoms with E-state index in [2.05, 4.69) is 18.7 Å². The fourth-order valence-electron chi connectivity index (χ4n) is 1.64. The smallest absolute Gasteiger partial charge is 0.0771 e. The zero-order valence-electron chi connectivity index (χ0n) is 6.95. The molecule has 0 saturated carbocycles. The first kappa shape index (κ1) is 8.78. The molecule has 0 bridgehead atoms. The molecule has 0 fully saturated rings. The molecule has 0 saturated heterocycles. The lowest BCUT2D eigenvalue weighted by molar-refractivity contribution is 1.16. The normalized spacial score (nSPS) is 14.5. The quantitative estimate of drug-likeness (QED) is 0.545. The molecule has 0 spiro atoms. The summed E-state index contributed by atoms with van der Waals surface area (Å²) < 4.78 is 0.586. The van der Waals surface area contributed by atoms with E-state index in [1.54, 1.807) is 0 Å². The molecule has 3 heteroatoms. The molecule has 2 rings (SSSR count). The molecule has 1 aromatic rings. The number of allylic oxidation sites excluding steroid dienone is 1. The van der Waals surface area contributed by atoms with E-state index in [1.807, 2.05) is 18.2 Å². The van der Waals surface area contributed by atoms with E-state index in [1.165, 1.54) is 5.56 Å². The number of thiol groups is 1. The van der Waals surface area contributed by atoms with Gasteiger partial charge in [-0.1, -0.05) is 36.5 Å². The van der Waals surface area contributed by atoms with Crippen LogP contribution < -0.4 is 5.73 Å². The van der Waals surface area contributed by atoms with Gasteiger partial charge in [-0.15, -0.1) is 12.6 Å². The second kappa shape index (κ2) is 3.16. The molecule has 66 valence electrons. The van der Waals surface area contributed by atoms with Crippen LogP contribution in [-0.4, -0.2) is 4.20 Å². The van der Waals surface area contributed by atoms with Gasteiger partial charge in [-0.2, -0.15) is 0 Å². The Labute approximate surface area is 88.0 Å². The maximum Gasteiger partial charge on any atom is 0.0771 e. The van der Waals surface area contributed by atoms with Crippen LogP contribution in [0.4, 0.5) is 0 Å². The van der Waals surface area contributed by atoms with Crippen molar-refractivity contribution in [3.63, 3.8) is 0 Å². The van der Waals surface area contributed by atoms with Gasteiger partial charge in [0.05, 0.1) is 4.20 Å². The van der Waals surface area contributed by atoms with E-state index in [9.17, 15) is 0 Å². The van der Waals surface area contributed by atoms with Gasteiger partial charge in [-0.3, -0.25) is 0 Å². The van der Waals surface area contributed by atoms with Crippen molar-refractivity contribution >= 4 is 34.6 Å². The van der Waals surface area contributed by atoms with Crippen molar-refractivity contribution in [2.75, 3.05) is 0 Å². The first-order valence-electron chi connectivity index (χ1n) is 4.00. The zero-order valence-corrected chi connectivity index (χ0v) is 8.66. The summed E-state index contributed by atoms with van der Waals surface area (Å²) in [6.45, 7) is 0. The molecule has 0 unspecified atom stereocenters. The minimum atomic E-state index is 0.586. The molecule has 1 aliphatic rings. The van der Waals surface area contributed by atoms with E-state index in [4.69, 9.17) is 18.0 Å². The van der Waals surface area contributed by atoms with Crippen molar-refractivity contribution in [2.24, 2.45) is 5.73 Å². The second-order valence-corrected chi connectivity index (χ2v) is 4.20. The molecule has 1 aliphatic carbocycles. The summed E-state index contributed by atoms with van der Waals surface area (Å²) >= 11 is 9.21. The number of thiocarbonyl (C=S) groups is 1. The van der Waals surface area contributed by atoms with Gasteiger partial charge >= 0.3 is 0 Å². The number of fused-ring (bicyclic) bond motifs is 1. The Balaban J connectivity index is 2.59. The second-order valence-electron chi connectivity index (χ2n) is 3.04. The van der Waals surface area contributed by atoms with E-state index in [0.717, 1.165) is 23.3 Å². The third kappa shape index (κ3) is 1.38. The van der Waals surface area contributed by atoms with Gasteiger partial charge in [-0.25, -0.2) is 0 Å². The topological polar surface area (TPSA) is 26.0 Å². The monoisotopic (exact) mass is 207 g/mol. The first-order chi connectivity index (χ1) is 6.20. The van der Waals surface area contributed by atoms with Gasteiger partial charge in [0.2, 0.25) is 0 Å². The lowest BCUT2D eigenvalue weighted by atomic mass is 10.1. The highest BCUT2D eigenvalue weighted by Crippen LogP contribution is 2.32. The Morgan fingerprint density at radius 3 is 2.77 bits per heavy atom. The molecule has 0 amide bonds. The lowest BCUT2D eigenvalue weighted by Gasteiger charge is -2.01. The number of benzene rings is 1. The molecule has 0 aliphatic heterocycles. The lowest BCUT2D eigenvalue weighted by Crippen LogP contribution is -2.00. The Morgan fingerprint density at radius 2 is 2.08 bits per heavy atom. The van der Waals surface area contributed by atoms with Gasteiger partial charge in [0.25, 0.3) is 0 Å². The van der Waals surface area contributed by atoms with Gasteiger partial charge < -0.3 is 5.73 Å². The van der Waals surface area contributed by atoms with Gasteiger partial charge in [0.15, 0.2) is 0 Å². The van der Waals surface area contributed by atoms with E-state index < -0.39 is 0 Å². The first-order valence-corrected chi connectivity index (χ1v) is 4.86. The van der Waals surface area contributed by atoms with Crippen molar-refractivity contribution in [1.82, 2.24) is 0 Å². The maximum atomic E-state index is 5.87. The number of hydrogen-bond donors (Lipinski definition) is 2. The van der Waals surface area contributed by atoms with Gasteiger partial charge in [0.1, 0.15) is 0 Å². The highest BCUT2D eigenvalue weighted by atomic mass is 32.1. The molecule has 13 heavy (non-hydrogen) atoms. The summed E-state index contributed by atoms with van der Waals surface area (Å²) in [5.74, 6) is 0. The van der Waals surface area contributed by atoms with Crippen LogP contribution in [0.5, 0.6) is 0 Å². The SMILES string of the molecule is NC1=C(C(=S)S)c2ccccc2C1. The van der Waals surface area contributed by atoms with Crippen LogP contribution in [0.25, 0.3) is 5.57 Å². The fraction of sp³-hybridized carbons (Fsp3) is 0.100. The summed E-state index contributed by atoms with van der Waals surface area (Å²) in [7, 11) is 0. The third-order valence-electron chi connectivity index (χ3n) is 2.20. The molecule has 1 aromatic carbocycles. The van der Waals surface area contributed by atoms with Crippen LogP contribution in [0.15, 0.2) is 30.0 Å². The molecule has 0 atom stereocenters. The Bertz CT molecular complexity index is 407. The molecule has 0 aromatic heterocycles. The zero-order chi connectivity index (χ0) is 9.42. The van der Waals surface area contributed by atoms with E-state index in [0.29, 0.717) is 4.20 Å². The van der Waals surface area contributed by atoms with Crippen LogP contribution in [0.1, 0.15) is 11.1 Å². The average Bonchev–Trinajstić information content (AvgIpc) is 2.39. The van der Waals surface area contributed by atoms with Crippen LogP contribution >= 0.6 is 24.8 Å². The third-order valence-corrected chi connectivity index (χ3v) is 2.63. The summed E-state index contributed by atoms with van der Waals surface area (Å²) in [6, 6.07) is 8.11. The summed E-state index contributed by atoms with van der Waals surface area (Å²) in [4.78, 5) is 0. The highest BCUT2D eigenvalue weighted by molar-refractivity contribution is 8.12. The standard InChI is InChI=1S/C10H9NS2/c11-8-5-6-3-1-2-4-7(6)9(8)10(12)13/h1-4H,5,11H2,(H,12,13). The molecule has 1 nitrogen and oxygen atoms in total. The van der Waals surface area contributed by atoms with Gasteiger partial charge in [0, 0.05) is 17.7 Å². The number of rotatable bonds is 1. The predicted octanol–water partition coefficient (Wildman–Crippen LogP) is 2.17. The van der Waals surface area contributed by atoms with Crippen LogP contribution in [0.2, 0.25) is 0 Å². The fourth-order valence-corrected chi connectivity index (χ4v) is 2.14. The molecular formula is C10H9NS2. The number of nitrogens with two attached hydrogens (primary N) is 1. The minimum Gasteiger partial charge on any atom is -0.401 e. The Kier molecular flexibility index (Phi) is 2.14. The molecular weight excluding hydrogens is 198 g/mol. The molecule has 0 radical (unpaired) electrons. The van der Waals surface area contributed by atoms with Crippen molar-refractivity contribution in [2.45, 2.75) is 6.42 Å². The van der Waals surface area contributed by atoms with Crippen molar-refractivity contribution in [3.8, 4) is 0 Å². The summed E-state index contributed by atoms with van der Waals surface area (Å²) in [5, 5.41) is 0. The van der Waals surface area contributed by atoms with Gasteiger partial charge in [-0.05, 0) is 11.1 Å². The van der Waals surface area contributed by atoms with E-state index in [-0.39, 0.29) is 0 Å². The van der Waals surface area contributed by atoms with Crippen molar-refractivity contribution in [1.29, 1.82) is 0 Å². The average molecular weight is 207 g/mol. The molecule has 2 N–H and O–H groups in total. The van der Waals surface area contributed by atoms with Crippen molar-refractivity contribution in [3.05, 3.63) is 41.1 Å². The minimum absolute atomic E-state index is 0.586. The predicted molar refractivity (Wildman–Crippen MR) is 62.8 cm³/mol. The van der Waals surface area contributed by atoms with Crippen LogP contribution in [-0.2, 0) is 6.42 Å². The largest absolute Gasteiger partial charge is 0.401 e. The summed E-state index contributed by atoms with van der Waals surface area (Å²) in [5.41, 5.74) is 10.0.